The largest absolute Gasteiger partial charge is 0.481 e. The Labute approximate surface area is 189 Å². The Morgan fingerprint density at radius 2 is 1.69 bits per heavy atom. The van der Waals surface area contributed by atoms with Gasteiger partial charge in [0.1, 0.15) is 12.6 Å². The van der Waals surface area contributed by atoms with Gasteiger partial charge in [0.25, 0.3) is 0 Å². The van der Waals surface area contributed by atoms with Gasteiger partial charge in [-0.2, -0.15) is 0 Å². The van der Waals surface area contributed by atoms with E-state index in [9.17, 15) is 14.4 Å². The van der Waals surface area contributed by atoms with Crippen molar-refractivity contribution in [2.45, 2.75) is 25.3 Å². The third kappa shape index (κ3) is 4.65. The zero-order valence-corrected chi connectivity index (χ0v) is 18.1. The van der Waals surface area contributed by atoms with E-state index in [4.69, 9.17) is 9.84 Å². The van der Waals surface area contributed by atoms with E-state index in [1.807, 2.05) is 55.5 Å². The molecule has 2 aromatic carbocycles. The number of ether oxygens (including phenoxy) is 1. The van der Waals surface area contributed by atoms with E-state index in [2.05, 4.69) is 10.6 Å². The van der Waals surface area contributed by atoms with Crippen molar-refractivity contribution >= 4 is 35.0 Å². The van der Waals surface area contributed by atoms with Crippen LogP contribution in [-0.4, -0.2) is 35.7 Å². The van der Waals surface area contributed by atoms with Gasteiger partial charge in [0.05, 0.1) is 12.1 Å². The number of benzene rings is 2. The maximum Gasteiger partial charge on any atom is 0.407 e. The maximum atomic E-state index is 12.5. The van der Waals surface area contributed by atoms with Crippen LogP contribution in [0.2, 0.25) is 0 Å². The van der Waals surface area contributed by atoms with Crippen LogP contribution in [0.1, 0.15) is 28.3 Å². The van der Waals surface area contributed by atoms with Crippen molar-refractivity contribution < 1.29 is 24.2 Å². The highest BCUT2D eigenvalue weighted by molar-refractivity contribution is 7.10. The minimum absolute atomic E-state index is 0.0744. The van der Waals surface area contributed by atoms with E-state index in [0.717, 1.165) is 27.1 Å². The predicted octanol–water partition coefficient (Wildman–Crippen LogP) is 4.38. The first-order valence-corrected chi connectivity index (χ1v) is 11.0. The average molecular weight is 451 g/mol. The second kappa shape index (κ2) is 9.23. The molecule has 0 fully saturated rings. The second-order valence-electron chi connectivity index (χ2n) is 7.56. The molecule has 0 aliphatic heterocycles. The van der Waals surface area contributed by atoms with Crippen LogP contribution in [0, 0.1) is 6.92 Å². The van der Waals surface area contributed by atoms with Gasteiger partial charge in [-0.15, -0.1) is 11.3 Å². The molecule has 1 aliphatic rings. The molecule has 0 radical (unpaired) electrons. The summed E-state index contributed by atoms with van der Waals surface area (Å²) in [6.45, 7) is 1.97. The van der Waals surface area contributed by atoms with Crippen molar-refractivity contribution in [2.75, 3.05) is 11.9 Å². The van der Waals surface area contributed by atoms with Gasteiger partial charge >= 0.3 is 12.1 Å². The normalized spacial score (nSPS) is 13.0. The maximum absolute atomic E-state index is 12.5. The SMILES string of the molecule is Cc1cc(NC(=O)C(CC(=O)O)NC(=O)OCC2c3ccccc3-c3ccccc32)cs1. The van der Waals surface area contributed by atoms with Crippen molar-refractivity contribution in [3.05, 3.63) is 76.0 Å². The molecule has 3 N–H and O–H groups in total. The summed E-state index contributed by atoms with van der Waals surface area (Å²) in [5, 5.41) is 15.9. The number of carboxylic acid groups (broad SMARTS) is 1. The summed E-state index contributed by atoms with van der Waals surface area (Å²) in [5.74, 6) is -1.95. The lowest BCUT2D eigenvalue weighted by atomic mass is 9.98. The predicted molar refractivity (Wildman–Crippen MR) is 122 cm³/mol. The Morgan fingerprint density at radius 3 is 2.25 bits per heavy atom. The van der Waals surface area contributed by atoms with Crippen LogP contribution in [0.15, 0.2) is 60.0 Å². The number of aliphatic carboxylic acids is 1. The molecule has 1 aromatic heterocycles. The minimum atomic E-state index is -1.26. The van der Waals surface area contributed by atoms with Crippen molar-refractivity contribution in [1.82, 2.24) is 5.32 Å². The number of carboxylic acids is 1. The lowest BCUT2D eigenvalue weighted by molar-refractivity contribution is -0.139. The van der Waals surface area contributed by atoms with Gasteiger partial charge in [0, 0.05) is 16.2 Å². The number of anilines is 1. The molecule has 1 unspecified atom stereocenters. The Morgan fingerprint density at radius 1 is 1.06 bits per heavy atom. The van der Waals surface area contributed by atoms with Gasteiger partial charge in [0.2, 0.25) is 5.91 Å². The van der Waals surface area contributed by atoms with E-state index in [-0.39, 0.29) is 12.5 Å². The topological polar surface area (TPSA) is 105 Å². The standard InChI is InChI=1S/C24H22N2O5S/c1-14-10-15(13-32-14)25-23(29)21(11-22(27)28)26-24(30)31-12-20-18-8-4-2-6-16(18)17-7-3-5-9-19(17)20/h2-10,13,20-21H,11-12H2,1H3,(H,25,29)(H,26,30)(H,27,28). The average Bonchev–Trinajstić information content (AvgIpc) is 3.32. The Hall–Kier alpha value is -3.65. The van der Waals surface area contributed by atoms with Crippen LogP contribution in [0.4, 0.5) is 10.5 Å². The van der Waals surface area contributed by atoms with Crippen LogP contribution >= 0.6 is 11.3 Å². The van der Waals surface area contributed by atoms with Crippen LogP contribution in [0.3, 0.4) is 0 Å². The first-order chi connectivity index (χ1) is 15.4. The van der Waals surface area contributed by atoms with Crippen LogP contribution in [-0.2, 0) is 14.3 Å². The van der Waals surface area contributed by atoms with Gasteiger partial charge in [-0.05, 0) is 35.2 Å². The minimum Gasteiger partial charge on any atom is -0.481 e. The molecule has 1 aliphatic carbocycles. The summed E-state index contributed by atoms with van der Waals surface area (Å²) in [5.41, 5.74) is 4.89. The number of rotatable bonds is 7. The van der Waals surface area contributed by atoms with E-state index >= 15 is 0 Å². The number of hydrogen-bond acceptors (Lipinski definition) is 5. The first-order valence-electron chi connectivity index (χ1n) is 10.1. The molecule has 0 saturated heterocycles. The number of alkyl carbamates (subject to hydrolysis) is 1. The second-order valence-corrected chi connectivity index (χ2v) is 8.67. The Balaban J connectivity index is 1.42. The lowest BCUT2D eigenvalue weighted by Crippen LogP contribution is -2.45. The molecule has 32 heavy (non-hydrogen) atoms. The van der Waals surface area contributed by atoms with Gasteiger partial charge < -0.3 is 20.5 Å². The van der Waals surface area contributed by atoms with Gasteiger partial charge in [-0.1, -0.05) is 48.5 Å². The molecule has 0 saturated carbocycles. The molecule has 1 heterocycles. The Bertz CT molecular complexity index is 1130. The molecule has 8 heteroatoms. The zero-order valence-electron chi connectivity index (χ0n) is 17.3. The molecule has 3 aromatic rings. The van der Waals surface area contributed by atoms with Crippen LogP contribution in [0.25, 0.3) is 11.1 Å². The van der Waals surface area contributed by atoms with Crippen LogP contribution < -0.4 is 10.6 Å². The monoisotopic (exact) mass is 450 g/mol. The fraction of sp³-hybridized carbons (Fsp3) is 0.208. The molecule has 1 atom stereocenters. The van der Waals surface area contributed by atoms with E-state index in [0.29, 0.717) is 5.69 Å². The summed E-state index contributed by atoms with van der Waals surface area (Å²) >= 11 is 1.45. The number of hydrogen-bond donors (Lipinski definition) is 3. The number of aryl methyl sites for hydroxylation is 1. The Kier molecular flexibility index (Phi) is 6.23. The fourth-order valence-electron chi connectivity index (χ4n) is 3.90. The van der Waals surface area contributed by atoms with E-state index in [1.165, 1.54) is 11.3 Å². The van der Waals surface area contributed by atoms with Gasteiger partial charge in [0.15, 0.2) is 0 Å². The molecule has 164 valence electrons. The molecule has 7 nitrogen and oxygen atoms in total. The highest BCUT2D eigenvalue weighted by atomic mass is 32.1. The summed E-state index contributed by atoms with van der Waals surface area (Å²) in [6, 6.07) is 16.4. The molecule has 2 amide bonds. The smallest absolute Gasteiger partial charge is 0.407 e. The quantitative estimate of drug-likeness (QED) is 0.496. The summed E-state index contributed by atoms with van der Waals surface area (Å²) in [7, 11) is 0. The molecular weight excluding hydrogens is 428 g/mol. The number of carbonyl (C=O) groups is 3. The van der Waals surface area contributed by atoms with Crippen LogP contribution in [0.5, 0.6) is 0 Å². The molecule has 4 rings (SSSR count). The van der Waals surface area contributed by atoms with Crippen molar-refractivity contribution in [3.63, 3.8) is 0 Å². The summed E-state index contributed by atoms with van der Waals surface area (Å²) in [6.07, 6.45) is -1.39. The van der Waals surface area contributed by atoms with Crippen molar-refractivity contribution in [1.29, 1.82) is 0 Å². The van der Waals surface area contributed by atoms with Gasteiger partial charge in [-0.25, -0.2) is 4.79 Å². The number of carbonyl (C=O) groups excluding carboxylic acids is 2. The number of fused-ring (bicyclic) bond motifs is 3. The lowest BCUT2D eigenvalue weighted by Gasteiger charge is -2.18. The third-order valence-corrected chi connectivity index (χ3v) is 6.19. The number of nitrogens with one attached hydrogen (secondary N) is 2. The molecular formula is C24H22N2O5S. The highest BCUT2D eigenvalue weighted by Crippen LogP contribution is 2.44. The first kappa shape index (κ1) is 21.6. The number of thiophene rings is 1. The van der Waals surface area contributed by atoms with E-state index < -0.39 is 30.4 Å². The summed E-state index contributed by atoms with van der Waals surface area (Å²) in [4.78, 5) is 37.2. The fourth-order valence-corrected chi connectivity index (χ4v) is 4.54. The van der Waals surface area contributed by atoms with Crippen molar-refractivity contribution in [3.8, 4) is 11.1 Å². The third-order valence-electron chi connectivity index (χ3n) is 5.33. The zero-order chi connectivity index (χ0) is 22.7. The summed E-state index contributed by atoms with van der Waals surface area (Å²) < 4.78 is 5.44. The molecule has 0 spiro atoms. The molecule has 0 bridgehead atoms. The van der Waals surface area contributed by atoms with Gasteiger partial charge in [-0.3, -0.25) is 9.59 Å². The number of amides is 2. The highest BCUT2D eigenvalue weighted by Gasteiger charge is 2.30. The van der Waals surface area contributed by atoms with Crippen molar-refractivity contribution in [2.24, 2.45) is 0 Å². The van der Waals surface area contributed by atoms with E-state index in [1.54, 1.807) is 11.4 Å².